The van der Waals surface area contributed by atoms with Crippen molar-refractivity contribution in [2.24, 2.45) is 5.10 Å². The predicted octanol–water partition coefficient (Wildman–Crippen LogP) is 3.36. The fourth-order valence-corrected chi connectivity index (χ4v) is 2.07. The van der Waals surface area contributed by atoms with E-state index in [-0.39, 0.29) is 6.61 Å². The third kappa shape index (κ3) is 4.92. The standard InChI is InChI=1S/C18H19FN2O2/c1-12-7-8-13(2)17(9-12)14(3)20-21-18(22)11-23-16-6-4-5-15(19)10-16/h4-10H,11H2,1-3H3,(H,21,22)/b20-14-. The Bertz CT molecular complexity index is 742. The summed E-state index contributed by atoms with van der Waals surface area (Å²) in [5, 5.41) is 4.09. The van der Waals surface area contributed by atoms with Crippen molar-refractivity contribution in [2.45, 2.75) is 20.8 Å². The molecule has 2 aromatic carbocycles. The predicted molar refractivity (Wildman–Crippen MR) is 88.2 cm³/mol. The summed E-state index contributed by atoms with van der Waals surface area (Å²) in [7, 11) is 0. The Balaban J connectivity index is 1.93. The quantitative estimate of drug-likeness (QED) is 0.679. The second-order valence-electron chi connectivity index (χ2n) is 5.30. The van der Waals surface area contributed by atoms with Crippen LogP contribution in [-0.2, 0) is 4.79 Å². The molecule has 0 heterocycles. The highest BCUT2D eigenvalue weighted by atomic mass is 19.1. The van der Waals surface area contributed by atoms with Gasteiger partial charge in [-0.1, -0.05) is 23.8 Å². The molecule has 4 nitrogen and oxygen atoms in total. The lowest BCUT2D eigenvalue weighted by molar-refractivity contribution is -0.123. The molecule has 0 aliphatic rings. The summed E-state index contributed by atoms with van der Waals surface area (Å²) in [5.41, 5.74) is 6.35. The first-order valence-electron chi connectivity index (χ1n) is 7.25. The zero-order valence-corrected chi connectivity index (χ0v) is 13.4. The monoisotopic (exact) mass is 314 g/mol. The highest BCUT2D eigenvalue weighted by molar-refractivity contribution is 6.00. The minimum absolute atomic E-state index is 0.229. The summed E-state index contributed by atoms with van der Waals surface area (Å²) in [4.78, 5) is 11.8. The Labute approximate surface area is 135 Å². The molecular formula is C18H19FN2O2. The zero-order valence-electron chi connectivity index (χ0n) is 13.4. The molecule has 0 unspecified atom stereocenters. The van der Waals surface area contributed by atoms with Gasteiger partial charge in [-0.15, -0.1) is 0 Å². The third-order valence-corrected chi connectivity index (χ3v) is 3.30. The van der Waals surface area contributed by atoms with Crippen molar-refractivity contribution < 1.29 is 13.9 Å². The van der Waals surface area contributed by atoms with Crippen LogP contribution in [0, 0.1) is 19.7 Å². The molecule has 0 aliphatic carbocycles. The van der Waals surface area contributed by atoms with Gasteiger partial charge in [-0.2, -0.15) is 5.10 Å². The first kappa shape index (κ1) is 16.7. The van der Waals surface area contributed by atoms with Crippen LogP contribution < -0.4 is 10.2 Å². The Hall–Kier alpha value is -2.69. The van der Waals surface area contributed by atoms with Crippen LogP contribution in [-0.4, -0.2) is 18.2 Å². The lowest BCUT2D eigenvalue weighted by atomic mass is 10.0. The maximum absolute atomic E-state index is 13.0. The van der Waals surface area contributed by atoms with Gasteiger partial charge in [0.2, 0.25) is 0 Å². The van der Waals surface area contributed by atoms with E-state index in [0.717, 1.165) is 16.7 Å². The number of rotatable bonds is 5. The van der Waals surface area contributed by atoms with Crippen LogP contribution in [0.15, 0.2) is 47.6 Å². The average molecular weight is 314 g/mol. The average Bonchev–Trinajstić information content (AvgIpc) is 2.53. The van der Waals surface area contributed by atoms with Crippen LogP contribution in [0.4, 0.5) is 4.39 Å². The molecule has 0 radical (unpaired) electrons. The number of ether oxygens (including phenoxy) is 1. The van der Waals surface area contributed by atoms with E-state index in [2.05, 4.69) is 10.5 Å². The van der Waals surface area contributed by atoms with Crippen LogP contribution in [0.5, 0.6) is 5.75 Å². The number of hydrogen-bond acceptors (Lipinski definition) is 3. The second-order valence-corrected chi connectivity index (χ2v) is 5.30. The molecule has 0 aliphatic heterocycles. The molecule has 120 valence electrons. The number of benzene rings is 2. The molecule has 0 spiro atoms. The number of amides is 1. The van der Waals surface area contributed by atoms with E-state index in [0.29, 0.717) is 11.5 Å². The van der Waals surface area contributed by atoms with E-state index < -0.39 is 11.7 Å². The molecule has 0 bridgehead atoms. The van der Waals surface area contributed by atoms with E-state index >= 15 is 0 Å². The van der Waals surface area contributed by atoms with Gasteiger partial charge in [-0.3, -0.25) is 4.79 Å². The van der Waals surface area contributed by atoms with Crippen molar-refractivity contribution in [1.82, 2.24) is 5.43 Å². The van der Waals surface area contributed by atoms with Gasteiger partial charge in [0, 0.05) is 11.6 Å². The Morgan fingerprint density at radius 3 is 2.74 bits per heavy atom. The molecule has 0 fully saturated rings. The summed E-state index contributed by atoms with van der Waals surface area (Å²) in [6.07, 6.45) is 0. The molecule has 23 heavy (non-hydrogen) atoms. The molecule has 0 saturated heterocycles. The van der Waals surface area contributed by atoms with Gasteiger partial charge in [0.05, 0.1) is 5.71 Å². The maximum Gasteiger partial charge on any atom is 0.277 e. The van der Waals surface area contributed by atoms with Gasteiger partial charge in [-0.25, -0.2) is 9.82 Å². The van der Waals surface area contributed by atoms with Crippen molar-refractivity contribution in [2.75, 3.05) is 6.61 Å². The lowest BCUT2D eigenvalue weighted by Gasteiger charge is -2.08. The number of halogens is 1. The first-order chi connectivity index (χ1) is 11.0. The first-order valence-corrected chi connectivity index (χ1v) is 7.25. The number of aryl methyl sites for hydroxylation is 2. The van der Waals surface area contributed by atoms with Crippen LogP contribution in [0.3, 0.4) is 0 Å². The van der Waals surface area contributed by atoms with Crippen molar-refractivity contribution in [3.8, 4) is 5.75 Å². The van der Waals surface area contributed by atoms with E-state index in [1.807, 2.05) is 39.0 Å². The van der Waals surface area contributed by atoms with E-state index in [1.54, 1.807) is 6.07 Å². The number of carbonyl (C=O) groups excluding carboxylic acids is 1. The normalized spacial score (nSPS) is 11.2. The summed E-state index contributed by atoms with van der Waals surface area (Å²) < 4.78 is 18.2. The van der Waals surface area contributed by atoms with Crippen molar-refractivity contribution in [3.05, 3.63) is 65.0 Å². The third-order valence-electron chi connectivity index (χ3n) is 3.30. The van der Waals surface area contributed by atoms with Gasteiger partial charge in [0.25, 0.3) is 5.91 Å². The number of hydrogen-bond donors (Lipinski definition) is 1. The summed E-state index contributed by atoms with van der Waals surface area (Å²) in [6.45, 7) is 5.59. The molecule has 0 atom stereocenters. The summed E-state index contributed by atoms with van der Waals surface area (Å²) >= 11 is 0. The van der Waals surface area contributed by atoms with Gasteiger partial charge >= 0.3 is 0 Å². The van der Waals surface area contributed by atoms with E-state index in [1.165, 1.54) is 18.2 Å². The SMILES string of the molecule is C/C(=N/NC(=O)COc1cccc(F)c1)c1cc(C)ccc1C. The zero-order chi connectivity index (χ0) is 16.8. The highest BCUT2D eigenvalue weighted by Crippen LogP contribution is 2.12. The molecule has 0 saturated carbocycles. The fourth-order valence-electron chi connectivity index (χ4n) is 2.07. The van der Waals surface area contributed by atoms with Crippen molar-refractivity contribution in [1.29, 1.82) is 0 Å². The Morgan fingerprint density at radius 1 is 1.22 bits per heavy atom. The summed E-state index contributed by atoms with van der Waals surface area (Å²) in [6, 6.07) is 11.7. The van der Waals surface area contributed by atoms with Crippen molar-refractivity contribution in [3.63, 3.8) is 0 Å². The molecule has 1 amide bonds. The molecular weight excluding hydrogens is 295 g/mol. The van der Waals surface area contributed by atoms with Crippen LogP contribution >= 0.6 is 0 Å². The fraction of sp³-hybridized carbons (Fsp3) is 0.222. The topological polar surface area (TPSA) is 50.7 Å². The van der Waals surface area contributed by atoms with Crippen molar-refractivity contribution >= 4 is 11.6 Å². The number of carbonyl (C=O) groups is 1. The number of nitrogens with zero attached hydrogens (tertiary/aromatic N) is 1. The molecule has 1 N–H and O–H groups in total. The maximum atomic E-state index is 13.0. The Morgan fingerprint density at radius 2 is 2.00 bits per heavy atom. The van der Waals surface area contributed by atoms with E-state index in [4.69, 9.17) is 4.74 Å². The van der Waals surface area contributed by atoms with Gasteiger partial charge in [-0.05, 0) is 44.5 Å². The Kier molecular flexibility index (Phi) is 5.46. The van der Waals surface area contributed by atoms with Crippen LogP contribution in [0.2, 0.25) is 0 Å². The van der Waals surface area contributed by atoms with Gasteiger partial charge < -0.3 is 4.74 Å². The summed E-state index contributed by atoms with van der Waals surface area (Å²) in [5.74, 6) is -0.513. The molecule has 2 aromatic rings. The van der Waals surface area contributed by atoms with E-state index in [9.17, 15) is 9.18 Å². The lowest BCUT2D eigenvalue weighted by Crippen LogP contribution is -2.25. The van der Waals surface area contributed by atoms with Crippen LogP contribution in [0.1, 0.15) is 23.6 Å². The molecule has 5 heteroatoms. The smallest absolute Gasteiger partial charge is 0.277 e. The van der Waals surface area contributed by atoms with Gasteiger partial charge in [0.1, 0.15) is 11.6 Å². The second kappa shape index (κ2) is 7.54. The number of hydrazone groups is 1. The minimum Gasteiger partial charge on any atom is -0.484 e. The van der Waals surface area contributed by atoms with Crippen LogP contribution in [0.25, 0.3) is 0 Å². The molecule has 0 aromatic heterocycles. The number of nitrogens with one attached hydrogen (secondary N) is 1. The molecule has 2 rings (SSSR count). The highest BCUT2D eigenvalue weighted by Gasteiger charge is 2.05. The largest absolute Gasteiger partial charge is 0.484 e. The minimum atomic E-state index is -0.410. The van der Waals surface area contributed by atoms with Gasteiger partial charge in [0.15, 0.2) is 6.61 Å².